The minimum absolute atomic E-state index is 0.0842. The van der Waals surface area contributed by atoms with E-state index in [1.54, 1.807) is 0 Å². The van der Waals surface area contributed by atoms with Crippen LogP contribution in [0.1, 0.15) is 6.92 Å². The summed E-state index contributed by atoms with van der Waals surface area (Å²) in [6.07, 6.45) is 0. The van der Waals surface area contributed by atoms with E-state index in [1.807, 2.05) is 6.92 Å². The van der Waals surface area contributed by atoms with Gasteiger partial charge in [-0.25, -0.2) is 0 Å². The highest BCUT2D eigenvalue weighted by Gasteiger charge is 2.52. The highest BCUT2D eigenvalue weighted by atomic mass is 32.5. The van der Waals surface area contributed by atoms with Gasteiger partial charge in [0.15, 0.2) is 0 Å². The first-order valence-electron chi connectivity index (χ1n) is 4.31. The standard InChI is InChI=1S/C7H11O4PS2/c1-2-14-6(8)7-3-9-12(13,10-4-7)11-5-7/h2-5H2,1H3. The minimum Gasteiger partial charge on any atom is -0.307 e. The van der Waals surface area contributed by atoms with Crippen molar-refractivity contribution in [1.82, 2.24) is 0 Å². The Morgan fingerprint density at radius 1 is 1.43 bits per heavy atom. The van der Waals surface area contributed by atoms with E-state index < -0.39 is 12.1 Å². The van der Waals surface area contributed by atoms with Gasteiger partial charge in [0.25, 0.3) is 0 Å². The van der Waals surface area contributed by atoms with Crippen LogP contribution in [0, 0.1) is 5.41 Å². The maximum absolute atomic E-state index is 11.8. The van der Waals surface area contributed by atoms with Crippen molar-refractivity contribution in [3.63, 3.8) is 0 Å². The van der Waals surface area contributed by atoms with E-state index in [9.17, 15) is 4.79 Å². The molecule has 0 aliphatic carbocycles. The molecule has 0 aromatic rings. The van der Waals surface area contributed by atoms with Crippen molar-refractivity contribution in [3.05, 3.63) is 0 Å². The zero-order valence-electron chi connectivity index (χ0n) is 7.73. The Labute approximate surface area is 91.9 Å². The van der Waals surface area contributed by atoms with Gasteiger partial charge in [0.05, 0.1) is 19.8 Å². The summed E-state index contributed by atoms with van der Waals surface area (Å²) in [5.41, 5.74) is -0.610. The number of fused-ring (bicyclic) bond motifs is 3. The first kappa shape index (κ1) is 11.0. The van der Waals surface area contributed by atoms with Crippen molar-refractivity contribution in [2.75, 3.05) is 25.6 Å². The first-order valence-corrected chi connectivity index (χ1v) is 7.85. The molecule has 3 aliphatic heterocycles. The highest BCUT2D eigenvalue weighted by Crippen LogP contribution is 2.60. The zero-order valence-corrected chi connectivity index (χ0v) is 10.3. The second-order valence-electron chi connectivity index (χ2n) is 3.27. The number of thioether (sulfide) groups is 1. The quantitative estimate of drug-likeness (QED) is 0.697. The lowest BCUT2D eigenvalue weighted by Gasteiger charge is -2.44. The van der Waals surface area contributed by atoms with Crippen LogP contribution in [0.3, 0.4) is 0 Å². The Hall–Kier alpha value is 0.550. The lowest BCUT2D eigenvalue weighted by Crippen LogP contribution is -2.49. The molecule has 0 atom stereocenters. The summed E-state index contributed by atoms with van der Waals surface area (Å²) in [4.78, 5) is 11.8. The van der Waals surface area contributed by atoms with Crippen molar-refractivity contribution in [2.45, 2.75) is 6.92 Å². The third kappa shape index (κ3) is 1.79. The number of rotatable bonds is 2. The van der Waals surface area contributed by atoms with E-state index in [0.29, 0.717) is 19.8 Å². The first-order chi connectivity index (χ1) is 6.60. The maximum Gasteiger partial charge on any atom is 0.327 e. The molecular weight excluding hydrogens is 243 g/mol. The predicted octanol–water partition coefficient (Wildman–Crippen LogP) is 1.55. The molecular formula is C7H11O4PS2. The molecule has 0 radical (unpaired) electrons. The molecule has 3 rings (SSSR count). The van der Waals surface area contributed by atoms with Crippen LogP contribution in [-0.2, 0) is 30.2 Å². The lowest BCUT2D eigenvalue weighted by molar-refractivity contribution is -0.137. The van der Waals surface area contributed by atoms with Gasteiger partial charge >= 0.3 is 6.72 Å². The van der Waals surface area contributed by atoms with Crippen LogP contribution in [-0.4, -0.2) is 30.7 Å². The number of hydrogen-bond donors (Lipinski definition) is 0. The van der Waals surface area contributed by atoms with Gasteiger partial charge in [0.2, 0.25) is 5.12 Å². The smallest absolute Gasteiger partial charge is 0.307 e. The zero-order chi connectivity index (χ0) is 10.2. The minimum atomic E-state index is -2.46. The average molecular weight is 254 g/mol. The largest absolute Gasteiger partial charge is 0.327 e. The van der Waals surface area contributed by atoms with Gasteiger partial charge in [-0.1, -0.05) is 18.7 Å². The summed E-state index contributed by atoms with van der Waals surface area (Å²) in [5.74, 6) is 0.759. The molecule has 3 fully saturated rings. The normalized spacial score (nSPS) is 41.2. The van der Waals surface area contributed by atoms with Crippen LogP contribution < -0.4 is 0 Å². The summed E-state index contributed by atoms with van der Waals surface area (Å²) in [6.45, 7) is 0.556. The number of carbonyl (C=O) groups excluding carboxylic acids is 1. The molecule has 0 saturated carbocycles. The summed E-state index contributed by atoms with van der Waals surface area (Å²) in [5, 5.41) is 0.0842. The maximum atomic E-state index is 11.8. The molecule has 80 valence electrons. The van der Waals surface area contributed by atoms with E-state index in [4.69, 9.17) is 25.4 Å². The van der Waals surface area contributed by atoms with Gasteiger partial charge in [0.1, 0.15) is 5.41 Å². The molecule has 3 aliphatic rings. The molecule has 0 spiro atoms. The third-order valence-corrected chi connectivity index (χ3v) is 5.47. The second-order valence-corrected chi connectivity index (χ2v) is 7.52. The van der Waals surface area contributed by atoms with Crippen LogP contribution in [0.4, 0.5) is 0 Å². The van der Waals surface area contributed by atoms with Gasteiger partial charge in [-0.3, -0.25) is 4.79 Å². The van der Waals surface area contributed by atoms with Crippen LogP contribution >= 0.6 is 18.5 Å². The van der Waals surface area contributed by atoms with Gasteiger partial charge in [-0.05, 0) is 17.6 Å². The molecule has 3 saturated heterocycles. The van der Waals surface area contributed by atoms with Crippen LogP contribution in [0.2, 0.25) is 0 Å². The van der Waals surface area contributed by atoms with Gasteiger partial charge in [-0.2, -0.15) is 0 Å². The van der Waals surface area contributed by atoms with E-state index >= 15 is 0 Å². The van der Waals surface area contributed by atoms with Crippen LogP contribution in [0.5, 0.6) is 0 Å². The van der Waals surface area contributed by atoms with Gasteiger partial charge < -0.3 is 13.6 Å². The average Bonchev–Trinajstić information content (AvgIpc) is 2.20. The molecule has 0 amide bonds. The van der Waals surface area contributed by atoms with Crippen molar-refractivity contribution in [1.29, 1.82) is 0 Å². The second kappa shape index (κ2) is 3.85. The summed E-state index contributed by atoms with van der Waals surface area (Å²) in [7, 11) is 0. The fourth-order valence-electron chi connectivity index (χ4n) is 1.31. The Balaban J connectivity index is 2.12. The molecule has 2 bridgehead atoms. The van der Waals surface area contributed by atoms with Crippen molar-refractivity contribution < 1.29 is 18.4 Å². The van der Waals surface area contributed by atoms with E-state index in [-0.39, 0.29) is 5.12 Å². The van der Waals surface area contributed by atoms with Gasteiger partial charge in [0, 0.05) is 0 Å². The molecule has 3 heterocycles. The fourth-order valence-corrected chi connectivity index (χ4v) is 3.96. The Bertz CT molecular complexity index is 275. The monoisotopic (exact) mass is 254 g/mol. The van der Waals surface area contributed by atoms with Gasteiger partial charge in [-0.15, -0.1) is 0 Å². The summed E-state index contributed by atoms with van der Waals surface area (Å²) >= 11 is 6.30. The summed E-state index contributed by atoms with van der Waals surface area (Å²) < 4.78 is 15.8. The molecule has 14 heavy (non-hydrogen) atoms. The molecule has 0 N–H and O–H groups in total. The van der Waals surface area contributed by atoms with Crippen LogP contribution in [0.25, 0.3) is 0 Å². The highest BCUT2D eigenvalue weighted by molar-refractivity contribution is 8.13. The fraction of sp³-hybridized carbons (Fsp3) is 0.857. The van der Waals surface area contributed by atoms with E-state index in [0.717, 1.165) is 5.75 Å². The SMILES string of the molecule is CCSC(=O)C12COP(=S)(OC1)OC2. The summed E-state index contributed by atoms with van der Waals surface area (Å²) in [6, 6.07) is 0. The van der Waals surface area contributed by atoms with E-state index in [1.165, 1.54) is 11.8 Å². The van der Waals surface area contributed by atoms with E-state index in [2.05, 4.69) is 0 Å². The predicted molar refractivity (Wildman–Crippen MR) is 57.7 cm³/mol. The molecule has 7 heteroatoms. The third-order valence-electron chi connectivity index (χ3n) is 2.21. The molecule has 4 nitrogen and oxygen atoms in total. The Morgan fingerprint density at radius 3 is 2.36 bits per heavy atom. The molecule has 0 aromatic heterocycles. The Kier molecular flexibility index (Phi) is 3.04. The Morgan fingerprint density at radius 2 is 1.93 bits per heavy atom. The van der Waals surface area contributed by atoms with Crippen molar-refractivity contribution in [2.24, 2.45) is 5.41 Å². The van der Waals surface area contributed by atoms with Crippen molar-refractivity contribution >= 4 is 35.4 Å². The van der Waals surface area contributed by atoms with Crippen LogP contribution in [0.15, 0.2) is 0 Å². The number of hydrogen-bond acceptors (Lipinski definition) is 6. The molecule has 0 aromatic carbocycles. The lowest BCUT2D eigenvalue weighted by atomic mass is 9.93. The number of carbonyl (C=O) groups is 1. The topological polar surface area (TPSA) is 44.8 Å². The molecule has 0 unspecified atom stereocenters. The van der Waals surface area contributed by atoms with Crippen molar-refractivity contribution in [3.8, 4) is 0 Å².